The molecule has 0 fully saturated rings. The van der Waals surface area contributed by atoms with Crippen molar-refractivity contribution in [1.29, 1.82) is 0 Å². The Morgan fingerprint density at radius 3 is 2.20 bits per heavy atom. The van der Waals surface area contributed by atoms with Crippen LogP contribution in [-0.4, -0.2) is 37.0 Å². The Bertz CT molecular complexity index is 1120. The molecule has 0 aromatic heterocycles. The molecule has 0 spiro atoms. The van der Waals surface area contributed by atoms with Crippen molar-refractivity contribution in [2.24, 2.45) is 5.73 Å². The predicted octanol–water partition coefficient (Wildman–Crippen LogP) is 4.71. The second-order valence-electron chi connectivity index (χ2n) is 9.14. The van der Waals surface area contributed by atoms with Crippen LogP contribution in [-0.2, 0) is 24.2 Å². The molecule has 1 aliphatic carbocycles. The molecule has 1 atom stereocenters. The molecule has 4 rings (SSSR count). The Morgan fingerprint density at radius 1 is 1.00 bits per heavy atom. The number of likely N-dealkylation sites (N-methyl/N-ethyl adjacent to an activating group) is 1. The number of fused-ring (bicyclic) bond motifs is 2. The van der Waals surface area contributed by atoms with Crippen molar-refractivity contribution in [3.8, 4) is 0 Å². The summed E-state index contributed by atoms with van der Waals surface area (Å²) in [6, 6.07) is 23.2. The molecule has 182 valence electrons. The standard InChI is InChI=1S/C30H34FN3O/c1-34(29(18-19-32)30(35)33-21-22-12-16-25(31)17-13-22)20-6-11-28-26-9-4-2-7-23(26)14-15-24-8-3-5-10-27(24)28/h2-5,7-13,16-17,29H,6,14-15,18-21,32H2,1H3,(H,33,35). The molecular formula is C30H34FN3O. The second kappa shape index (κ2) is 11.9. The lowest BCUT2D eigenvalue weighted by Gasteiger charge is -2.26. The number of halogens is 1. The minimum absolute atomic E-state index is 0.0555. The summed E-state index contributed by atoms with van der Waals surface area (Å²) in [4.78, 5) is 15.0. The fourth-order valence-electron chi connectivity index (χ4n) is 4.82. The number of carbonyl (C=O) groups excluding carboxylic acids is 1. The zero-order valence-corrected chi connectivity index (χ0v) is 20.3. The number of hydrogen-bond acceptors (Lipinski definition) is 3. The first kappa shape index (κ1) is 24.8. The molecule has 1 aliphatic rings. The summed E-state index contributed by atoms with van der Waals surface area (Å²) in [7, 11) is 1.98. The van der Waals surface area contributed by atoms with E-state index in [1.54, 1.807) is 12.1 Å². The lowest BCUT2D eigenvalue weighted by Crippen LogP contribution is -2.46. The van der Waals surface area contributed by atoms with Gasteiger partial charge in [0.05, 0.1) is 6.04 Å². The maximum Gasteiger partial charge on any atom is 0.237 e. The van der Waals surface area contributed by atoms with Gasteiger partial charge in [0.25, 0.3) is 0 Å². The molecule has 0 bridgehead atoms. The summed E-state index contributed by atoms with van der Waals surface area (Å²) in [5.74, 6) is -0.339. The fraction of sp³-hybridized carbons (Fsp3) is 0.300. The first-order chi connectivity index (χ1) is 17.1. The third-order valence-corrected chi connectivity index (χ3v) is 6.76. The Hall–Kier alpha value is -3.28. The second-order valence-corrected chi connectivity index (χ2v) is 9.14. The van der Waals surface area contributed by atoms with E-state index in [0.717, 1.165) is 31.4 Å². The molecule has 5 heteroatoms. The number of rotatable bonds is 9. The van der Waals surface area contributed by atoms with E-state index in [0.29, 0.717) is 19.5 Å². The van der Waals surface area contributed by atoms with Gasteiger partial charge in [-0.25, -0.2) is 4.39 Å². The van der Waals surface area contributed by atoms with Gasteiger partial charge >= 0.3 is 0 Å². The van der Waals surface area contributed by atoms with Crippen LogP contribution in [0.4, 0.5) is 4.39 Å². The lowest BCUT2D eigenvalue weighted by molar-refractivity contribution is -0.126. The molecule has 1 unspecified atom stereocenters. The normalized spacial score (nSPS) is 13.5. The maximum atomic E-state index is 13.1. The minimum atomic E-state index is -0.312. The van der Waals surface area contributed by atoms with Gasteiger partial charge in [-0.2, -0.15) is 0 Å². The zero-order valence-electron chi connectivity index (χ0n) is 20.3. The molecule has 0 saturated heterocycles. The van der Waals surface area contributed by atoms with Crippen molar-refractivity contribution >= 4 is 11.5 Å². The number of carbonyl (C=O) groups is 1. The number of amides is 1. The first-order valence-corrected chi connectivity index (χ1v) is 12.4. The predicted molar refractivity (Wildman–Crippen MR) is 140 cm³/mol. The van der Waals surface area contributed by atoms with Crippen molar-refractivity contribution in [2.45, 2.75) is 38.3 Å². The van der Waals surface area contributed by atoms with Crippen LogP contribution in [0.25, 0.3) is 5.57 Å². The third kappa shape index (κ3) is 6.24. The SMILES string of the molecule is CN(CCC=C1c2ccccc2CCc2ccccc21)C(CCN)C(=O)NCc1ccc(F)cc1. The highest BCUT2D eigenvalue weighted by Gasteiger charge is 2.22. The average Bonchev–Trinajstić information content (AvgIpc) is 3.04. The van der Waals surface area contributed by atoms with E-state index in [1.165, 1.54) is 40.0 Å². The van der Waals surface area contributed by atoms with Crippen molar-refractivity contribution in [2.75, 3.05) is 20.1 Å². The first-order valence-electron chi connectivity index (χ1n) is 12.4. The fourth-order valence-corrected chi connectivity index (χ4v) is 4.82. The third-order valence-electron chi connectivity index (χ3n) is 6.76. The van der Waals surface area contributed by atoms with Gasteiger partial charge in [0.2, 0.25) is 5.91 Å². The molecule has 4 nitrogen and oxygen atoms in total. The van der Waals surface area contributed by atoms with Crippen molar-refractivity contribution in [3.05, 3.63) is 113 Å². The minimum Gasteiger partial charge on any atom is -0.351 e. The van der Waals surface area contributed by atoms with Gasteiger partial charge in [0, 0.05) is 13.1 Å². The van der Waals surface area contributed by atoms with Gasteiger partial charge in [0.15, 0.2) is 0 Å². The van der Waals surface area contributed by atoms with Crippen molar-refractivity contribution in [3.63, 3.8) is 0 Å². The van der Waals surface area contributed by atoms with Crippen LogP contribution in [0.15, 0.2) is 78.9 Å². The van der Waals surface area contributed by atoms with Crippen LogP contribution in [0.5, 0.6) is 0 Å². The Kier molecular flexibility index (Phi) is 8.45. The number of nitrogens with zero attached hydrogens (tertiary/aromatic N) is 1. The molecule has 35 heavy (non-hydrogen) atoms. The summed E-state index contributed by atoms with van der Waals surface area (Å²) < 4.78 is 13.1. The summed E-state index contributed by atoms with van der Waals surface area (Å²) in [6.45, 7) is 1.54. The topological polar surface area (TPSA) is 58.4 Å². The van der Waals surface area contributed by atoms with E-state index < -0.39 is 0 Å². The van der Waals surface area contributed by atoms with Gasteiger partial charge in [-0.1, -0.05) is 66.7 Å². The molecule has 0 aliphatic heterocycles. The molecule has 1 amide bonds. The Labute approximate surface area is 207 Å². The average molecular weight is 472 g/mol. The number of aryl methyl sites for hydroxylation is 2. The van der Waals surface area contributed by atoms with E-state index >= 15 is 0 Å². The highest BCUT2D eigenvalue weighted by atomic mass is 19.1. The van der Waals surface area contributed by atoms with Crippen LogP contribution in [0, 0.1) is 5.82 Å². The van der Waals surface area contributed by atoms with Gasteiger partial charge < -0.3 is 11.1 Å². The summed E-state index contributed by atoms with van der Waals surface area (Å²) >= 11 is 0. The number of nitrogens with one attached hydrogen (secondary N) is 1. The van der Waals surface area contributed by atoms with Gasteiger partial charge in [-0.15, -0.1) is 0 Å². The number of benzene rings is 3. The van der Waals surface area contributed by atoms with Crippen molar-refractivity contribution < 1.29 is 9.18 Å². The lowest BCUT2D eigenvalue weighted by atomic mass is 9.93. The molecule has 3 aromatic carbocycles. The van der Waals surface area contributed by atoms with E-state index in [2.05, 4.69) is 64.8 Å². The smallest absolute Gasteiger partial charge is 0.237 e. The molecular weight excluding hydrogens is 437 g/mol. The van der Waals surface area contributed by atoms with Crippen molar-refractivity contribution in [1.82, 2.24) is 10.2 Å². The highest BCUT2D eigenvalue weighted by Crippen LogP contribution is 2.33. The maximum absolute atomic E-state index is 13.1. The van der Waals surface area contributed by atoms with Gasteiger partial charge in [-0.3, -0.25) is 9.69 Å². The zero-order chi connectivity index (χ0) is 24.6. The highest BCUT2D eigenvalue weighted by molar-refractivity contribution is 5.84. The molecule has 0 saturated carbocycles. The van der Waals surface area contributed by atoms with Gasteiger partial charge in [0.1, 0.15) is 5.82 Å². The van der Waals surface area contributed by atoms with E-state index in [1.807, 2.05) is 7.05 Å². The number of hydrogen-bond donors (Lipinski definition) is 2. The largest absolute Gasteiger partial charge is 0.351 e. The summed E-state index contributed by atoms with van der Waals surface area (Å²) in [5, 5.41) is 2.98. The van der Waals surface area contributed by atoms with E-state index in [-0.39, 0.29) is 17.8 Å². The van der Waals surface area contributed by atoms with Crippen LogP contribution in [0.2, 0.25) is 0 Å². The molecule has 0 heterocycles. The molecule has 3 aromatic rings. The number of nitrogens with two attached hydrogens (primary N) is 1. The summed E-state index contributed by atoms with van der Waals surface area (Å²) in [6.07, 6.45) is 5.79. The van der Waals surface area contributed by atoms with E-state index in [9.17, 15) is 9.18 Å². The Morgan fingerprint density at radius 2 is 1.60 bits per heavy atom. The van der Waals surface area contributed by atoms with Crippen LogP contribution in [0.1, 0.15) is 40.7 Å². The Balaban J connectivity index is 1.45. The quantitative estimate of drug-likeness (QED) is 0.475. The summed E-state index contributed by atoms with van der Waals surface area (Å²) in [5.41, 5.74) is 13.3. The molecule has 3 N–H and O–H groups in total. The van der Waals surface area contributed by atoms with Gasteiger partial charge in [-0.05, 0) is 84.8 Å². The van der Waals surface area contributed by atoms with Crippen LogP contribution in [0.3, 0.4) is 0 Å². The molecule has 0 radical (unpaired) electrons. The van der Waals surface area contributed by atoms with E-state index in [4.69, 9.17) is 5.73 Å². The monoisotopic (exact) mass is 471 g/mol. The van der Waals surface area contributed by atoms with Crippen LogP contribution < -0.4 is 11.1 Å². The van der Waals surface area contributed by atoms with Crippen LogP contribution >= 0.6 is 0 Å².